The SMILES string of the molecule is [C]1C=CON1C1NC=CN1. The summed E-state index contributed by atoms with van der Waals surface area (Å²) in [5, 5.41) is 7.57. The van der Waals surface area contributed by atoms with Crippen molar-refractivity contribution >= 4 is 0 Å². The third kappa shape index (κ3) is 0.823. The molecule has 52 valence electrons. The molecule has 2 N–H and O–H groups in total. The third-order valence-electron chi connectivity index (χ3n) is 1.27. The van der Waals surface area contributed by atoms with Crippen LogP contribution in [0.5, 0.6) is 0 Å². The normalized spacial score (nSPS) is 24.4. The summed E-state index contributed by atoms with van der Waals surface area (Å²) in [4.78, 5) is 5.01. The maximum Gasteiger partial charge on any atom is 0.188 e. The van der Waals surface area contributed by atoms with Gasteiger partial charge in [0.2, 0.25) is 0 Å². The predicted molar refractivity (Wildman–Crippen MR) is 34.5 cm³/mol. The number of rotatable bonds is 1. The minimum absolute atomic E-state index is 0.0185. The van der Waals surface area contributed by atoms with Crippen molar-refractivity contribution in [2.75, 3.05) is 0 Å². The first-order valence-corrected chi connectivity index (χ1v) is 3.01. The number of nitrogens with one attached hydrogen (secondary N) is 2. The van der Waals surface area contributed by atoms with Crippen LogP contribution in [0.2, 0.25) is 0 Å². The number of nitrogens with zero attached hydrogens (tertiary/aromatic N) is 1. The van der Waals surface area contributed by atoms with Crippen molar-refractivity contribution in [3.05, 3.63) is 31.3 Å². The van der Waals surface area contributed by atoms with Crippen LogP contribution in [0.3, 0.4) is 0 Å². The first-order chi connectivity index (χ1) is 4.97. The lowest BCUT2D eigenvalue weighted by atomic mass is 10.6. The van der Waals surface area contributed by atoms with Gasteiger partial charge in [-0.05, 0) is 6.08 Å². The summed E-state index contributed by atoms with van der Waals surface area (Å²) in [7, 11) is 0. The largest absolute Gasteiger partial charge is 0.409 e. The Balaban J connectivity index is 1.89. The smallest absolute Gasteiger partial charge is 0.188 e. The molecule has 4 heteroatoms. The van der Waals surface area contributed by atoms with E-state index in [9.17, 15) is 0 Å². The third-order valence-corrected chi connectivity index (χ3v) is 1.27. The Morgan fingerprint density at radius 1 is 1.40 bits per heavy atom. The van der Waals surface area contributed by atoms with E-state index in [0.717, 1.165) is 0 Å². The Hall–Kier alpha value is -1.16. The Labute approximate surface area is 59.1 Å². The van der Waals surface area contributed by atoms with Crippen LogP contribution < -0.4 is 10.6 Å². The summed E-state index contributed by atoms with van der Waals surface area (Å²) in [6.45, 7) is 2.86. The van der Waals surface area contributed by atoms with Crippen molar-refractivity contribution < 1.29 is 4.84 Å². The summed E-state index contributed by atoms with van der Waals surface area (Å²) in [6.07, 6.45) is 6.89. The molecule has 0 aromatic rings. The molecule has 0 aromatic carbocycles. The van der Waals surface area contributed by atoms with Crippen molar-refractivity contribution in [3.8, 4) is 0 Å². The van der Waals surface area contributed by atoms with Crippen molar-refractivity contribution in [1.29, 1.82) is 0 Å². The Morgan fingerprint density at radius 2 is 2.20 bits per heavy atom. The van der Waals surface area contributed by atoms with E-state index in [0.29, 0.717) is 0 Å². The highest BCUT2D eigenvalue weighted by molar-refractivity contribution is 4.98. The van der Waals surface area contributed by atoms with Crippen LogP contribution in [-0.2, 0) is 4.84 Å². The highest BCUT2D eigenvalue weighted by Gasteiger charge is 2.21. The van der Waals surface area contributed by atoms with Gasteiger partial charge in [-0.3, -0.25) is 0 Å². The number of hydrogen-bond acceptors (Lipinski definition) is 4. The molecule has 0 aromatic heterocycles. The molecule has 0 atom stereocenters. The van der Waals surface area contributed by atoms with E-state index < -0.39 is 0 Å². The van der Waals surface area contributed by atoms with E-state index in [-0.39, 0.29) is 6.29 Å². The van der Waals surface area contributed by atoms with E-state index in [1.165, 1.54) is 0 Å². The first kappa shape index (κ1) is 5.61. The predicted octanol–water partition coefficient (Wildman–Crippen LogP) is -0.266. The molecular formula is C6H7N3O. The van der Waals surface area contributed by atoms with Gasteiger partial charge >= 0.3 is 0 Å². The summed E-state index contributed by atoms with van der Waals surface area (Å²) in [6, 6.07) is 0. The molecule has 4 nitrogen and oxygen atoms in total. The van der Waals surface area contributed by atoms with Crippen molar-refractivity contribution in [1.82, 2.24) is 15.7 Å². The second-order valence-electron chi connectivity index (χ2n) is 1.93. The fourth-order valence-electron chi connectivity index (χ4n) is 0.828. The summed E-state index contributed by atoms with van der Waals surface area (Å²) in [5.74, 6) is 0. The van der Waals surface area contributed by atoms with Crippen LogP contribution in [0.25, 0.3) is 0 Å². The molecule has 2 radical (unpaired) electrons. The van der Waals surface area contributed by atoms with Crippen molar-refractivity contribution in [2.45, 2.75) is 6.29 Å². The molecule has 0 bridgehead atoms. The van der Waals surface area contributed by atoms with Gasteiger partial charge in [0.15, 0.2) is 6.29 Å². The molecule has 0 saturated heterocycles. The van der Waals surface area contributed by atoms with Gasteiger partial charge in [0.05, 0.1) is 0 Å². The highest BCUT2D eigenvalue weighted by atomic mass is 16.7. The average molecular weight is 137 g/mol. The first-order valence-electron chi connectivity index (χ1n) is 3.01. The monoisotopic (exact) mass is 137 g/mol. The topological polar surface area (TPSA) is 36.5 Å². The highest BCUT2D eigenvalue weighted by Crippen LogP contribution is 2.08. The molecule has 2 aliphatic heterocycles. The molecule has 2 aliphatic rings. The van der Waals surface area contributed by atoms with Gasteiger partial charge in [0.25, 0.3) is 0 Å². The van der Waals surface area contributed by atoms with Crippen LogP contribution >= 0.6 is 0 Å². The van der Waals surface area contributed by atoms with Crippen LogP contribution in [0, 0.1) is 6.54 Å². The van der Waals surface area contributed by atoms with Crippen molar-refractivity contribution in [3.63, 3.8) is 0 Å². The molecule has 0 aliphatic carbocycles. The fourth-order valence-corrected chi connectivity index (χ4v) is 0.828. The van der Waals surface area contributed by atoms with E-state index in [1.807, 2.05) is 12.4 Å². The van der Waals surface area contributed by atoms with E-state index in [4.69, 9.17) is 4.84 Å². The standard InChI is InChI=1S/C6H7N3O/c1-4-9(10-5-1)6-7-2-3-8-6/h1-3,5-8H. The van der Waals surface area contributed by atoms with Gasteiger partial charge in [-0.1, -0.05) is 5.06 Å². The molecule has 2 rings (SSSR count). The average Bonchev–Trinajstić information content (AvgIpc) is 2.59. The molecule has 0 spiro atoms. The molecule has 10 heavy (non-hydrogen) atoms. The zero-order valence-corrected chi connectivity index (χ0v) is 5.24. The van der Waals surface area contributed by atoms with E-state index in [2.05, 4.69) is 17.2 Å². The van der Waals surface area contributed by atoms with Crippen LogP contribution in [0.15, 0.2) is 24.7 Å². The van der Waals surface area contributed by atoms with E-state index >= 15 is 0 Å². The van der Waals surface area contributed by atoms with Gasteiger partial charge in [-0.25, -0.2) is 0 Å². The van der Waals surface area contributed by atoms with Gasteiger partial charge in [-0.2, -0.15) is 0 Å². The summed E-state index contributed by atoms with van der Waals surface area (Å²) < 4.78 is 0. The second kappa shape index (κ2) is 2.22. The second-order valence-corrected chi connectivity index (χ2v) is 1.93. The van der Waals surface area contributed by atoms with Gasteiger partial charge < -0.3 is 15.5 Å². The number of hydrogen-bond donors (Lipinski definition) is 2. The zero-order chi connectivity index (χ0) is 6.81. The van der Waals surface area contributed by atoms with Gasteiger partial charge in [0.1, 0.15) is 12.8 Å². The van der Waals surface area contributed by atoms with Crippen LogP contribution in [0.4, 0.5) is 0 Å². The Kier molecular flexibility index (Phi) is 1.25. The molecule has 2 heterocycles. The molecule has 0 amide bonds. The zero-order valence-electron chi connectivity index (χ0n) is 5.24. The van der Waals surface area contributed by atoms with Gasteiger partial charge in [-0.15, -0.1) is 0 Å². The van der Waals surface area contributed by atoms with Crippen molar-refractivity contribution in [2.24, 2.45) is 0 Å². The lowest BCUT2D eigenvalue weighted by Gasteiger charge is -2.21. The quantitative estimate of drug-likeness (QED) is 0.521. The Bertz CT molecular complexity index is 142. The lowest BCUT2D eigenvalue weighted by Crippen LogP contribution is -2.44. The maximum atomic E-state index is 5.01. The molecular weight excluding hydrogens is 130 g/mol. The maximum absolute atomic E-state index is 5.01. The van der Waals surface area contributed by atoms with E-state index in [1.54, 1.807) is 17.4 Å². The minimum atomic E-state index is -0.0185. The summed E-state index contributed by atoms with van der Waals surface area (Å²) in [5.41, 5.74) is 0. The summed E-state index contributed by atoms with van der Waals surface area (Å²) >= 11 is 0. The van der Waals surface area contributed by atoms with Gasteiger partial charge in [0, 0.05) is 12.4 Å². The van der Waals surface area contributed by atoms with Crippen LogP contribution in [0.1, 0.15) is 0 Å². The Morgan fingerprint density at radius 3 is 2.80 bits per heavy atom. The number of hydroxylamine groups is 2. The minimum Gasteiger partial charge on any atom is -0.409 e. The lowest BCUT2D eigenvalue weighted by molar-refractivity contribution is -0.100. The molecule has 0 unspecified atom stereocenters. The fraction of sp³-hybridized carbons (Fsp3) is 0.167. The van der Waals surface area contributed by atoms with Crippen LogP contribution in [-0.4, -0.2) is 11.4 Å². The molecule has 0 saturated carbocycles. The molecule has 0 fully saturated rings.